The molecule has 3 aromatic rings. The number of nitrogens with one attached hydrogen (secondary N) is 1. The first-order valence-corrected chi connectivity index (χ1v) is 6.54. The lowest BCUT2D eigenvalue weighted by molar-refractivity contribution is 0.354. The lowest BCUT2D eigenvalue weighted by Crippen LogP contribution is -1.94. The van der Waals surface area contributed by atoms with E-state index >= 15 is 0 Å². The van der Waals surface area contributed by atoms with Crippen LogP contribution < -0.4 is 9.47 Å². The van der Waals surface area contributed by atoms with Crippen LogP contribution in [0, 0.1) is 5.82 Å². The molecule has 21 heavy (non-hydrogen) atoms. The number of aromatic nitrogens is 2. The predicted octanol–water partition coefficient (Wildman–Crippen LogP) is 3.31. The second-order valence-corrected chi connectivity index (χ2v) is 4.71. The van der Waals surface area contributed by atoms with Crippen molar-refractivity contribution in [2.45, 2.75) is 6.42 Å². The Morgan fingerprint density at radius 2 is 1.86 bits per heavy atom. The van der Waals surface area contributed by atoms with E-state index in [-0.39, 0.29) is 5.82 Å². The molecular formula is C16H15FN2O2. The van der Waals surface area contributed by atoms with E-state index in [0.717, 1.165) is 16.9 Å². The smallest absolute Gasteiger partial charge is 0.161 e. The number of ether oxygens (including phenoxy) is 2. The number of imidazole rings is 1. The van der Waals surface area contributed by atoms with Gasteiger partial charge in [-0.15, -0.1) is 0 Å². The minimum absolute atomic E-state index is 0.274. The average molecular weight is 286 g/mol. The fourth-order valence-corrected chi connectivity index (χ4v) is 2.30. The fraction of sp³-hybridized carbons (Fsp3) is 0.188. The summed E-state index contributed by atoms with van der Waals surface area (Å²) in [5.41, 5.74) is 2.49. The fourth-order valence-electron chi connectivity index (χ4n) is 2.30. The van der Waals surface area contributed by atoms with Crippen LogP contribution in [0.2, 0.25) is 0 Å². The Balaban J connectivity index is 1.91. The van der Waals surface area contributed by atoms with Crippen LogP contribution in [0.15, 0.2) is 36.4 Å². The first-order chi connectivity index (χ1) is 10.2. The summed E-state index contributed by atoms with van der Waals surface area (Å²) in [6, 6.07) is 10.2. The summed E-state index contributed by atoms with van der Waals surface area (Å²) in [5, 5.41) is 0. The van der Waals surface area contributed by atoms with Gasteiger partial charge < -0.3 is 14.5 Å². The molecule has 0 atom stereocenters. The third kappa shape index (κ3) is 2.67. The number of halogens is 1. The molecule has 0 aliphatic heterocycles. The number of nitrogens with zero attached hydrogens (tertiary/aromatic N) is 1. The Morgan fingerprint density at radius 1 is 1.05 bits per heavy atom. The normalized spacial score (nSPS) is 10.8. The quantitative estimate of drug-likeness (QED) is 0.800. The van der Waals surface area contributed by atoms with E-state index in [1.807, 2.05) is 18.2 Å². The Hall–Kier alpha value is -2.56. The van der Waals surface area contributed by atoms with Crippen molar-refractivity contribution in [2.75, 3.05) is 14.2 Å². The molecule has 0 fully saturated rings. The van der Waals surface area contributed by atoms with Gasteiger partial charge in [0.25, 0.3) is 0 Å². The van der Waals surface area contributed by atoms with Gasteiger partial charge in [0.15, 0.2) is 11.5 Å². The molecular weight excluding hydrogens is 271 g/mol. The molecule has 0 radical (unpaired) electrons. The molecule has 0 amide bonds. The van der Waals surface area contributed by atoms with Crippen LogP contribution in [0.4, 0.5) is 4.39 Å². The van der Waals surface area contributed by atoms with Crippen LogP contribution in [0.5, 0.6) is 11.5 Å². The van der Waals surface area contributed by atoms with E-state index in [4.69, 9.17) is 9.47 Å². The molecule has 2 aromatic carbocycles. The summed E-state index contributed by atoms with van der Waals surface area (Å²) in [4.78, 5) is 7.58. The highest BCUT2D eigenvalue weighted by Gasteiger charge is 2.08. The summed E-state index contributed by atoms with van der Waals surface area (Å²) in [6.07, 6.45) is 0.608. The van der Waals surface area contributed by atoms with Crippen LogP contribution in [0.3, 0.4) is 0 Å². The van der Waals surface area contributed by atoms with E-state index < -0.39 is 0 Å². The van der Waals surface area contributed by atoms with E-state index in [9.17, 15) is 4.39 Å². The molecule has 0 bridgehead atoms. The number of benzene rings is 2. The number of H-pyrrole nitrogens is 1. The zero-order valence-corrected chi connectivity index (χ0v) is 11.8. The molecule has 0 unspecified atom stereocenters. The molecule has 1 heterocycles. The van der Waals surface area contributed by atoms with E-state index in [1.165, 1.54) is 12.1 Å². The highest BCUT2D eigenvalue weighted by molar-refractivity contribution is 5.75. The summed E-state index contributed by atoms with van der Waals surface area (Å²) in [7, 11) is 3.21. The van der Waals surface area contributed by atoms with Crippen molar-refractivity contribution in [3.8, 4) is 11.5 Å². The van der Waals surface area contributed by atoms with Crippen molar-refractivity contribution in [3.05, 3.63) is 53.6 Å². The van der Waals surface area contributed by atoms with Crippen molar-refractivity contribution in [1.29, 1.82) is 0 Å². The van der Waals surface area contributed by atoms with Gasteiger partial charge in [-0.2, -0.15) is 0 Å². The summed E-state index contributed by atoms with van der Waals surface area (Å²) in [6.45, 7) is 0. The molecule has 0 saturated heterocycles. The zero-order chi connectivity index (χ0) is 14.8. The number of aromatic amines is 1. The molecule has 5 heteroatoms. The standard InChI is InChI=1S/C16H15FN2O2/c1-20-14-6-3-10(7-15(14)21-2)8-16-18-12-5-4-11(17)9-13(12)19-16/h3-7,9H,8H2,1-2H3,(H,18,19). The number of rotatable bonds is 4. The highest BCUT2D eigenvalue weighted by atomic mass is 19.1. The van der Waals surface area contributed by atoms with Gasteiger partial charge in [-0.25, -0.2) is 9.37 Å². The minimum atomic E-state index is -0.274. The van der Waals surface area contributed by atoms with Gasteiger partial charge in [-0.05, 0) is 35.9 Å². The van der Waals surface area contributed by atoms with Crippen LogP contribution in [0.1, 0.15) is 11.4 Å². The van der Waals surface area contributed by atoms with Crippen molar-refractivity contribution >= 4 is 11.0 Å². The van der Waals surface area contributed by atoms with Crippen molar-refractivity contribution < 1.29 is 13.9 Å². The van der Waals surface area contributed by atoms with Crippen LogP contribution in [0.25, 0.3) is 11.0 Å². The van der Waals surface area contributed by atoms with Crippen molar-refractivity contribution in [1.82, 2.24) is 9.97 Å². The Bertz CT molecular complexity index is 783. The van der Waals surface area contributed by atoms with Gasteiger partial charge in [-0.1, -0.05) is 6.07 Å². The summed E-state index contributed by atoms with van der Waals surface area (Å²) >= 11 is 0. The van der Waals surface area contributed by atoms with E-state index in [2.05, 4.69) is 9.97 Å². The topological polar surface area (TPSA) is 47.1 Å². The van der Waals surface area contributed by atoms with Crippen LogP contribution >= 0.6 is 0 Å². The SMILES string of the molecule is COc1ccc(Cc2nc3ccc(F)cc3[nH]2)cc1OC. The monoisotopic (exact) mass is 286 g/mol. The maximum absolute atomic E-state index is 13.2. The first-order valence-electron chi connectivity index (χ1n) is 6.54. The summed E-state index contributed by atoms with van der Waals surface area (Å²) < 4.78 is 23.7. The Kier molecular flexibility index (Phi) is 3.48. The Labute approximate surface area is 121 Å². The second kappa shape index (κ2) is 5.44. The number of fused-ring (bicyclic) bond motifs is 1. The number of methoxy groups -OCH3 is 2. The molecule has 1 N–H and O–H groups in total. The molecule has 0 saturated carbocycles. The van der Waals surface area contributed by atoms with Gasteiger partial charge in [0.1, 0.15) is 11.6 Å². The van der Waals surface area contributed by atoms with Gasteiger partial charge in [0.2, 0.25) is 0 Å². The molecule has 1 aromatic heterocycles. The Morgan fingerprint density at radius 3 is 2.62 bits per heavy atom. The lowest BCUT2D eigenvalue weighted by Gasteiger charge is -2.08. The van der Waals surface area contributed by atoms with Crippen molar-refractivity contribution in [3.63, 3.8) is 0 Å². The second-order valence-electron chi connectivity index (χ2n) is 4.71. The van der Waals surface area contributed by atoms with Gasteiger partial charge in [0, 0.05) is 6.42 Å². The molecule has 108 valence electrons. The molecule has 3 rings (SSSR count). The van der Waals surface area contributed by atoms with Gasteiger partial charge in [0.05, 0.1) is 25.3 Å². The first kappa shape index (κ1) is 13.4. The minimum Gasteiger partial charge on any atom is -0.493 e. The molecule has 4 nitrogen and oxygen atoms in total. The molecule has 0 aliphatic rings. The average Bonchev–Trinajstić information content (AvgIpc) is 2.88. The number of hydrogen-bond donors (Lipinski definition) is 1. The summed E-state index contributed by atoms with van der Waals surface area (Å²) in [5.74, 6) is 1.87. The predicted molar refractivity (Wildman–Crippen MR) is 78.4 cm³/mol. The lowest BCUT2D eigenvalue weighted by atomic mass is 10.1. The third-order valence-electron chi connectivity index (χ3n) is 3.31. The highest BCUT2D eigenvalue weighted by Crippen LogP contribution is 2.28. The maximum Gasteiger partial charge on any atom is 0.161 e. The molecule has 0 spiro atoms. The van der Waals surface area contributed by atoms with Crippen molar-refractivity contribution in [2.24, 2.45) is 0 Å². The maximum atomic E-state index is 13.2. The van der Waals surface area contributed by atoms with E-state index in [0.29, 0.717) is 23.4 Å². The zero-order valence-electron chi connectivity index (χ0n) is 11.8. The van der Waals surface area contributed by atoms with E-state index in [1.54, 1.807) is 20.3 Å². The number of hydrogen-bond acceptors (Lipinski definition) is 3. The van der Waals surface area contributed by atoms with Gasteiger partial charge >= 0.3 is 0 Å². The van der Waals surface area contributed by atoms with Gasteiger partial charge in [-0.3, -0.25) is 0 Å². The van der Waals surface area contributed by atoms with Crippen LogP contribution in [-0.4, -0.2) is 24.2 Å². The largest absolute Gasteiger partial charge is 0.493 e. The van der Waals surface area contributed by atoms with Crippen LogP contribution in [-0.2, 0) is 6.42 Å². The third-order valence-corrected chi connectivity index (χ3v) is 3.31. The molecule has 0 aliphatic carbocycles.